The van der Waals surface area contributed by atoms with Gasteiger partial charge in [-0.05, 0) is 53.8 Å². The molecule has 1 aromatic heterocycles. The van der Waals surface area contributed by atoms with Crippen molar-refractivity contribution in [3.63, 3.8) is 0 Å². The maximum atomic E-state index is 13.8. The van der Waals surface area contributed by atoms with E-state index in [4.69, 9.17) is 4.74 Å². The number of hydrogen-bond donors (Lipinski definition) is 3. The molecular weight excluding hydrogens is 437 g/mol. The molecule has 2 aromatic rings. The number of fused-ring (bicyclic) bond motifs is 2. The van der Waals surface area contributed by atoms with Gasteiger partial charge in [0, 0.05) is 23.8 Å². The van der Waals surface area contributed by atoms with Gasteiger partial charge in [0.05, 0.1) is 12.6 Å². The minimum Gasteiger partial charge on any atom is -0.361 e. The Morgan fingerprint density at radius 3 is 2.79 bits per heavy atom. The van der Waals surface area contributed by atoms with Crippen molar-refractivity contribution in [1.82, 2.24) is 15.6 Å². The van der Waals surface area contributed by atoms with Crippen molar-refractivity contribution in [2.45, 2.75) is 44.1 Å². The van der Waals surface area contributed by atoms with Crippen LogP contribution in [-0.4, -0.2) is 53.3 Å². The number of ether oxygens (including phenoxy) is 1. The minimum absolute atomic E-state index is 0.270. The molecule has 6 rings (SSSR count). The molecule has 172 valence electrons. The summed E-state index contributed by atoms with van der Waals surface area (Å²) in [4.78, 5) is 19.2. The molecule has 1 aromatic carbocycles. The number of anilines is 1. The van der Waals surface area contributed by atoms with Gasteiger partial charge in [-0.15, -0.1) is 0 Å². The van der Waals surface area contributed by atoms with Crippen molar-refractivity contribution >= 4 is 11.6 Å². The zero-order valence-electron chi connectivity index (χ0n) is 17.6. The van der Waals surface area contributed by atoms with Gasteiger partial charge < -0.3 is 25.4 Å². The molecular formula is C23H21F3N4O3. The number of nitrogens with zero attached hydrogens (tertiary/aromatic N) is 2. The minimum atomic E-state index is -4.56. The normalized spacial score (nSPS) is 32.5. The Kier molecular flexibility index (Phi) is 4.16. The van der Waals surface area contributed by atoms with Gasteiger partial charge in [0.15, 0.2) is 6.10 Å². The van der Waals surface area contributed by atoms with E-state index in [-0.39, 0.29) is 6.42 Å². The molecule has 1 aliphatic carbocycles. The van der Waals surface area contributed by atoms with E-state index in [2.05, 4.69) is 15.6 Å². The van der Waals surface area contributed by atoms with Crippen LogP contribution in [0.5, 0.6) is 0 Å². The highest BCUT2D eigenvalue weighted by Gasteiger charge is 2.67. The summed E-state index contributed by atoms with van der Waals surface area (Å²) in [6, 6.07) is 8.65. The van der Waals surface area contributed by atoms with Gasteiger partial charge in [-0.3, -0.25) is 9.78 Å². The maximum absolute atomic E-state index is 13.8. The Morgan fingerprint density at radius 2 is 2.06 bits per heavy atom. The molecule has 0 bridgehead atoms. The zero-order chi connectivity index (χ0) is 23.1. The molecule has 0 radical (unpaired) electrons. The number of halogens is 3. The van der Waals surface area contributed by atoms with Gasteiger partial charge in [-0.2, -0.15) is 13.2 Å². The van der Waals surface area contributed by atoms with Gasteiger partial charge in [-0.25, -0.2) is 0 Å². The first-order valence-electron chi connectivity index (χ1n) is 10.7. The molecule has 2 fully saturated rings. The number of carbonyl (C=O) groups is 1. The van der Waals surface area contributed by atoms with Gasteiger partial charge >= 0.3 is 6.18 Å². The summed E-state index contributed by atoms with van der Waals surface area (Å²) >= 11 is 0. The van der Waals surface area contributed by atoms with E-state index in [9.17, 15) is 23.1 Å². The van der Waals surface area contributed by atoms with Crippen LogP contribution in [0.2, 0.25) is 0 Å². The van der Waals surface area contributed by atoms with Crippen molar-refractivity contribution in [3.05, 3.63) is 59.6 Å². The summed E-state index contributed by atoms with van der Waals surface area (Å²) in [5.74, 6) is -0.424. The number of amides is 1. The van der Waals surface area contributed by atoms with Gasteiger partial charge in [0.25, 0.3) is 0 Å². The first-order chi connectivity index (χ1) is 15.7. The first-order valence-corrected chi connectivity index (χ1v) is 10.7. The number of aliphatic hydroxyl groups is 1. The second-order valence-corrected chi connectivity index (χ2v) is 9.00. The van der Waals surface area contributed by atoms with E-state index in [1.807, 2.05) is 30.3 Å². The lowest BCUT2D eigenvalue weighted by Crippen LogP contribution is -2.71. The van der Waals surface area contributed by atoms with Crippen LogP contribution in [0.4, 0.5) is 18.9 Å². The molecule has 10 heteroatoms. The van der Waals surface area contributed by atoms with E-state index in [1.54, 1.807) is 24.2 Å². The number of benzene rings is 1. The Labute approximate surface area is 187 Å². The fourth-order valence-corrected chi connectivity index (χ4v) is 5.89. The molecule has 1 unspecified atom stereocenters. The molecule has 1 spiro atoms. The third kappa shape index (κ3) is 2.77. The smallest absolute Gasteiger partial charge is 0.361 e. The lowest BCUT2D eigenvalue weighted by Gasteiger charge is -2.54. The summed E-state index contributed by atoms with van der Waals surface area (Å²) in [5, 5.41) is 15.5. The van der Waals surface area contributed by atoms with Crippen molar-refractivity contribution in [3.8, 4) is 11.1 Å². The monoisotopic (exact) mass is 458 g/mol. The van der Waals surface area contributed by atoms with Gasteiger partial charge in [0.1, 0.15) is 11.5 Å². The van der Waals surface area contributed by atoms with E-state index >= 15 is 0 Å². The number of nitrogens with one attached hydrogen (secondary N) is 2. The molecule has 3 N–H and O–H groups in total. The van der Waals surface area contributed by atoms with Crippen molar-refractivity contribution in [1.29, 1.82) is 0 Å². The third-order valence-electron chi connectivity index (χ3n) is 7.24. The van der Waals surface area contributed by atoms with Crippen molar-refractivity contribution in [2.75, 3.05) is 11.4 Å². The average molecular weight is 458 g/mol. The Hall–Kier alpha value is -3.11. The molecule has 5 atom stereocenters. The van der Waals surface area contributed by atoms with Gasteiger partial charge in [0.2, 0.25) is 12.3 Å². The Morgan fingerprint density at radius 1 is 1.24 bits per heavy atom. The number of rotatable bonds is 1. The average Bonchev–Trinajstić information content (AvgIpc) is 3.03. The molecule has 3 aliphatic heterocycles. The quantitative estimate of drug-likeness (QED) is 0.607. The van der Waals surface area contributed by atoms with Crippen molar-refractivity contribution < 1.29 is 27.8 Å². The molecule has 1 amide bonds. The largest absolute Gasteiger partial charge is 0.416 e. The van der Waals surface area contributed by atoms with Crippen LogP contribution in [0.15, 0.2) is 54.0 Å². The van der Waals surface area contributed by atoms with E-state index < -0.39 is 48.6 Å². The van der Waals surface area contributed by atoms with Crippen LogP contribution < -0.4 is 15.5 Å². The number of hydrogen-bond acceptors (Lipinski definition) is 6. The zero-order valence-corrected chi connectivity index (χ0v) is 17.6. The van der Waals surface area contributed by atoms with E-state index in [0.717, 1.165) is 16.7 Å². The molecule has 4 heterocycles. The summed E-state index contributed by atoms with van der Waals surface area (Å²) in [7, 11) is 0. The van der Waals surface area contributed by atoms with Crippen LogP contribution >= 0.6 is 0 Å². The highest BCUT2D eigenvalue weighted by atomic mass is 19.4. The highest BCUT2D eigenvalue weighted by Crippen LogP contribution is 2.56. The van der Waals surface area contributed by atoms with Crippen LogP contribution in [-0.2, 0) is 16.0 Å². The maximum Gasteiger partial charge on any atom is 0.416 e. The lowest BCUT2D eigenvalue weighted by atomic mass is 9.69. The first kappa shape index (κ1) is 20.5. The fraction of sp³-hybridized carbons (Fsp3) is 0.391. The standard InChI is InChI=1S/C23H21F3N4O3/c1-11-17-19-22(18(11)28-21(32)29-20(22)31)8-14-7-12(13-3-2-6-27-9-13)4-5-15(14)30(19)10-16(33-17)23(24,25)26/h2-7,9,16-17,19,21,28,32H,8,10H2,1H3,(H,29,31)/t16-,17-,19+,21?,22-/m0/s1. The second kappa shape index (κ2) is 6.71. The third-order valence-corrected chi connectivity index (χ3v) is 7.24. The summed E-state index contributed by atoms with van der Waals surface area (Å²) in [6.45, 7) is 1.25. The highest BCUT2D eigenvalue weighted by molar-refractivity contribution is 5.92. The summed E-state index contributed by atoms with van der Waals surface area (Å²) in [5.41, 5.74) is 2.91. The number of pyridine rings is 1. The second-order valence-electron chi connectivity index (χ2n) is 9.00. The molecule has 33 heavy (non-hydrogen) atoms. The SMILES string of the molecule is CC1=C2NC(O)NC(=O)[C@@]23Cc2cc(-c4cccnc4)ccc2N2C[C@@H](C(F)(F)F)O[C@@H]1[C@@H]23. The number of aliphatic hydroxyl groups excluding tert-OH is 1. The van der Waals surface area contributed by atoms with Crippen LogP contribution in [0.25, 0.3) is 11.1 Å². The molecule has 7 nitrogen and oxygen atoms in total. The predicted molar refractivity (Wildman–Crippen MR) is 112 cm³/mol. The molecule has 2 saturated heterocycles. The lowest BCUT2D eigenvalue weighted by molar-refractivity contribution is -0.237. The summed E-state index contributed by atoms with van der Waals surface area (Å²) < 4.78 is 47.0. The van der Waals surface area contributed by atoms with Crippen molar-refractivity contribution in [2.24, 2.45) is 5.41 Å². The number of aromatic nitrogens is 1. The van der Waals surface area contributed by atoms with E-state index in [0.29, 0.717) is 17.0 Å². The Balaban J connectivity index is 1.54. The molecule has 0 saturated carbocycles. The number of alkyl halides is 3. The van der Waals surface area contributed by atoms with E-state index in [1.165, 1.54) is 0 Å². The van der Waals surface area contributed by atoms with Crippen LogP contribution in [0.1, 0.15) is 12.5 Å². The summed E-state index contributed by atoms with van der Waals surface area (Å²) in [6.07, 6.45) is -5.15. The predicted octanol–water partition coefficient (Wildman–Crippen LogP) is 2.08. The topological polar surface area (TPSA) is 86.7 Å². The van der Waals surface area contributed by atoms with Crippen LogP contribution in [0.3, 0.4) is 0 Å². The molecule has 4 aliphatic rings. The number of morpholine rings is 1. The fourth-order valence-electron chi connectivity index (χ4n) is 5.89. The van der Waals surface area contributed by atoms with Crippen LogP contribution in [0, 0.1) is 5.41 Å². The van der Waals surface area contributed by atoms with Gasteiger partial charge in [-0.1, -0.05) is 12.1 Å². The Bertz CT molecular complexity index is 1190. The number of carbonyl (C=O) groups excluding carboxylic acids is 1.